The average molecular weight is 389 g/mol. The van der Waals surface area contributed by atoms with Gasteiger partial charge in [-0.1, -0.05) is 29.3 Å². The quantitative estimate of drug-likeness (QED) is 0.854. The van der Waals surface area contributed by atoms with E-state index in [4.69, 9.17) is 21.1 Å². The number of hydrogen-bond acceptors (Lipinski definition) is 4. The number of aryl methyl sites for hydroxylation is 1. The summed E-state index contributed by atoms with van der Waals surface area (Å²) in [5.41, 5.74) is 1.96. The summed E-state index contributed by atoms with van der Waals surface area (Å²) in [5.74, 6) is 0.146. The number of nitrogens with one attached hydrogen (secondary N) is 1. The third-order valence-corrected chi connectivity index (χ3v) is 4.51. The molecular formula is C20H21ClN2O4. The second-order valence-electron chi connectivity index (χ2n) is 6.25. The molecule has 2 amide bonds. The Labute approximate surface area is 163 Å². The highest BCUT2D eigenvalue weighted by molar-refractivity contribution is 6.33. The van der Waals surface area contributed by atoms with E-state index in [0.717, 1.165) is 5.56 Å². The van der Waals surface area contributed by atoms with Gasteiger partial charge in [0, 0.05) is 18.7 Å². The van der Waals surface area contributed by atoms with Gasteiger partial charge in [-0.15, -0.1) is 0 Å². The lowest BCUT2D eigenvalue weighted by molar-refractivity contribution is -0.118. The monoisotopic (exact) mass is 388 g/mol. The van der Waals surface area contributed by atoms with Crippen LogP contribution < -0.4 is 10.1 Å². The fourth-order valence-corrected chi connectivity index (χ4v) is 2.84. The molecule has 1 saturated heterocycles. The van der Waals surface area contributed by atoms with Crippen LogP contribution in [0, 0.1) is 6.92 Å². The Balaban J connectivity index is 1.62. The summed E-state index contributed by atoms with van der Waals surface area (Å²) in [7, 11) is 0. The first-order valence-corrected chi connectivity index (χ1v) is 9.06. The van der Waals surface area contributed by atoms with Gasteiger partial charge in [-0.2, -0.15) is 0 Å². The summed E-state index contributed by atoms with van der Waals surface area (Å²) < 4.78 is 10.7. The molecule has 6 nitrogen and oxygen atoms in total. The Morgan fingerprint density at radius 1 is 1.15 bits per heavy atom. The molecule has 3 rings (SSSR count). The van der Waals surface area contributed by atoms with Crippen molar-refractivity contribution in [1.29, 1.82) is 0 Å². The molecule has 1 heterocycles. The first-order chi connectivity index (χ1) is 13.0. The van der Waals surface area contributed by atoms with Crippen LogP contribution in [0.15, 0.2) is 42.5 Å². The van der Waals surface area contributed by atoms with Gasteiger partial charge < -0.3 is 19.7 Å². The maximum absolute atomic E-state index is 12.6. The highest BCUT2D eigenvalue weighted by Gasteiger charge is 2.19. The molecule has 0 aliphatic carbocycles. The second-order valence-corrected chi connectivity index (χ2v) is 6.66. The van der Waals surface area contributed by atoms with E-state index in [1.165, 1.54) is 0 Å². The van der Waals surface area contributed by atoms with Crippen LogP contribution in [0.5, 0.6) is 5.75 Å². The van der Waals surface area contributed by atoms with Gasteiger partial charge in [0.05, 0.1) is 23.9 Å². The maximum atomic E-state index is 12.6. The third-order valence-electron chi connectivity index (χ3n) is 4.18. The van der Waals surface area contributed by atoms with E-state index in [9.17, 15) is 9.59 Å². The number of halogens is 1. The van der Waals surface area contributed by atoms with Gasteiger partial charge in [-0.3, -0.25) is 9.59 Å². The molecule has 1 fully saturated rings. The molecule has 2 aromatic rings. The Hall–Kier alpha value is -2.57. The lowest BCUT2D eigenvalue weighted by Gasteiger charge is -2.27. The van der Waals surface area contributed by atoms with E-state index >= 15 is 0 Å². The summed E-state index contributed by atoms with van der Waals surface area (Å²) in [5, 5.41) is 3.06. The summed E-state index contributed by atoms with van der Waals surface area (Å²) in [6.45, 7) is 3.98. The zero-order valence-corrected chi connectivity index (χ0v) is 15.8. The molecule has 0 aromatic heterocycles. The number of benzene rings is 2. The first-order valence-electron chi connectivity index (χ1n) is 8.69. The number of anilines is 1. The first kappa shape index (κ1) is 19.2. The number of morpholine rings is 1. The standard InChI is InChI=1S/C20H21ClN2O4/c1-14-2-5-16(6-3-14)27-13-19(24)22-18-12-15(4-7-17(18)21)20(25)23-8-10-26-11-9-23/h2-7,12H,8-11,13H2,1H3,(H,22,24). The molecule has 1 aliphatic heterocycles. The van der Waals surface area contributed by atoms with Crippen molar-refractivity contribution in [2.45, 2.75) is 6.92 Å². The minimum Gasteiger partial charge on any atom is -0.484 e. The van der Waals surface area contributed by atoms with E-state index in [0.29, 0.717) is 48.3 Å². The second kappa shape index (κ2) is 8.88. The molecule has 2 aromatic carbocycles. The highest BCUT2D eigenvalue weighted by atomic mass is 35.5. The lowest BCUT2D eigenvalue weighted by atomic mass is 10.1. The van der Waals surface area contributed by atoms with Gasteiger partial charge in [0.15, 0.2) is 6.61 Å². The Morgan fingerprint density at radius 2 is 1.85 bits per heavy atom. The van der Waals surface area contributed by atoms with Gasteiger partial charge in [-0.25, -0.2) is 0 Å². The number of amides is 2. The lowest BCUT2D eigenvalue weighted by Crippen LogP contribution is -2.40. The van der Waals surface area contributed by atoms with Crippen LogP contribution in [0.1, 0.15) is 15.9 Å². The van der Waals surface area contributed by atoms with E-state index < -0.39 is 0 Å². The summed E-state index contributed by atoms with van der Waals surface area (Å²) in [6, 6.07) is 12.3. The largest absolute Gasteiger partial charge is 0.484 e. The predicted octanol–water partition coefficient (Wildman–Crippen LogP) is 3.14. The van der Waals surface area contributed by atoms with E-state index in [2.05, 4.69) is 5.32 Å². The zero-order chi connectivity index (χ0) is 19.2. The van der Waals surface area contributed by atoms with Crippen molar-refractivity contribution in [1.82, 2.24) is 4.90 Å². The zero-order valence-electron chi connectivity index (χ0n) is 15.0. The predicted molar refractivity (Wildman–Crippen MR) is 103 cm³/mol. The van der Waals surface area contributed by atoms with Crippen LogP contribution in [-0.2, 0) is 9.53 Å². The minimum atomic E-state index is -0.353. The van der Waals surface area contributed by atoms with Crippen molar-refractivity contribution in [3.8, 4) is 5.75 Å². The van der Waals surface area contributed by atoms with Crippen molar-refractivity contribution in [2.24, 2.45) is 0 Å². The molecule has 0 unspecified atom stereocenters. The van der Waals surface area contributed by atoms with Crippen LogP contribution in [-0.4, -0.2) is 49.6 Å². The van der Waals surface area contributed by atoms with Crippen LogP contribution in [0.3, 0.4) is 0 Å². The van der Waals surface area contributed by atoms with Crippen LogP contribution in [0.25, 0.3) is 0 Å². The van der Waals surface area contributed by atoms with Crippen molar-refractivity contribution in [3.63, 3.8) is 0 Å². The van der Waals surface area contributed by atoms with E-state index in [1.807, 2.05) is 19.1 Å². The molecule has 142 valence electrons. The van der Waals surface area contributed by atoms with Crippen LogP contribution >= 0.6 is 11.6 Å². The molecule has 0 spiro atoms. The molecule has 1 N–H and O–H groups in total. The van der Waals surface area contributed by atoms with Gasteiger partial charge >= 0.3 is 0 Å². The molecule has 0 atom stereocenters. The molecule has 0 radical (unpaired) electrons. The van der Waals surface area contributed by atoms with Gasteiger partial charge in [0.2, 0.25) is 0 Å². The molecule has 0 bridgehead atoms. The number of carbonyl (C=O) groups is 2. The smallest absolute Gasteiger partial charge is 0.262 e. The highest BCUT2D eigenvalue weighted by Crippen LogP contribution is 2.24. The molecular weight excluding hydrogens is 368 g/mol. The summed E-state index contributed by atoms with van der Waals surface area (Å²) in [4.78, 5) is 26.5. The van der Waals surface area contributed by atoms with Gasteiger partial charge in [0.25, 0.3) is 11.8 Å². The number of carbonyl (C=O) groups excluding carboxylic acids is 2. The number of rotatable bonds is 5. The Morgan fingerprint density at radius 3 is 2.56 bits per heavy atom. The third kappa shape index (κ3) is 5.21. The SMILES string of the molecule is Cc1ccc(OCC(=O)Nc2cc(C(=O)N3CCOCC3)ccc2Cl)cc1. The molecule has 7 heteroatoms. The minimum absolute atomic E-state index is 0.110. The number of nitrogens with zero attached hydrogens (tertiary/aromatic N) is 1. The van der Waals surface area contributed by atoms with Crippen molar-refractivity contribution >= 4 is 29.1 Å². The average Bonchev–Trinajstić information content (AvgIpc) is 2.69. The fraction of sp³-hybridized carbons (Fsp3) is 0.300. The molecule has 1 aliphatic rings. The number of hydrogen-bond donors (Lipinski definition) is 1. The van der Waals surface area contributed by atoms with Crippen LogP contribution in [0.4, 0.5) is 5.69 Å². The van der Waals surface area contributed by atoms with Gasteiger partial charge in [0.1, 0.15) is 5.75 Å². The van der Waals surface area contributed by atoms with Gasteiger partial charge in [-0.05, 0) is 37.3 Å². The fourth-order valence-electron chi connectivity index (χ4n) is 2.67. The number of ether oxygens (including phenoxy) is 2. The summed E-state index contributed by atoms with van der Waals surface area (Å²) >= 11 is 6.16. The summed E-state index contributed by atoms with van der Waals surface area (Å²) in [6.07, 6.45) is 0. The maximum Gasteiger partial charge on any atom is 0.262 e. The van der Waals surface area contributed by atoms with Crippen LogP contribution in [0.2, 0.25) is 5.02 Å². The topological polar surface area (TPSA) is 67.9 Å². The van der Waals surface area contributed by atoms with Crippen molar-refractivity contribution in [2.75, 3.05) is 38.2 Å². The van der Waals surface area contributed by atoms with Crippen molar-refractivity contribution < 1.29 is 19.1 Å². The van der Waals surface area contributed by atoms with Crippen molar-refractivity contribution in [3.05, 3.63) is 58.6 Å². The van der Waals surface area contributed by atoms with E-state index in [1.54, 1.807) is 35.2 Å². The Kier molecular flexibility index (Phi) is 6.32. The van der Waals surface area contributed by atoms with E-state index in [-0.39, 0.29) is 18.4 Å². The molecule has 27 heavy (non-hydrogen) atoms. The normalized spacial score (nSPS) is 13.9. The molecule has 0 saturated carbocycles. The Bertz CT molecular complexity index is 817.